The molecule has 1 amide bonds. The monoisotopic (exact) mass is 445 g/mol. The molecule has 32 heavy (non-hydrogen) atoms. The van der Waals surface area contributed by atoms with E-state index in [1.54, 1.807) is 17.2 Å². The average molecular weight is 445 g/mol. The Morgan fingerprint density at radius 2 is 1.81 bits per heavy atom. The summed E-state index contributed by atoms with van der Waals surface area (Å²) in [5.74, 6) is -0.260. The number of pyridine rings is 1. The minimum Gasteiger partial charge on any atom is -0.458 e. The number of alkyl halides is 3. The van der Waals surface area contributed by atoms with Crippen molar-refractivity contribution in [2.45, 2.75) is 50.6 Å². The quantitative estimate of drug-likeness (QED) is 0.609. The molecule has 0 radical (unpaired) electrons. The SMILES string of the molecule is Cc1cnc(C(=O)N2C3CCC2C(Oc2ncc(C(F)(F)F)cn2)C3)c(-n2nccn2)c1. The van der Waals surface area contributed by atoms with Gasteiger partial charge in [-0.15, -0.1) is 4.80 Å². The van der Waals surface area contributed by atoms with E-state index in [-0.39, 0.29) is 29.7 Å². The summed E-state index contributed by atoms with van der Waals surface area (Å²) in [6.45, 7) is 1.86. The molecule has 12 heteroatoms. The second-order valence-corrected chi connectivity index (χ2v) is 7.85. The zero-order valence-corrected chi connectivity index (χ0v) is 16.9. The summed E-state index contributed by atoms with van der Waals surface area (Å²) < 4.78 is 44.0. The summed E-state index contributed by atoms with van der Waals surface area (Å²) in [5, 5.41) is 8.24. The Hall–Kier alpha value is -3.57. The minimum atomic E-state index is -4.52. The standard InChI is InChI=1S/C20H18F3N7O2/c1-11-6-15(30-27-4-5-28-30)17(24-8-11)18(31)29-13-2-3-14(29)16(7-13)32-19-25-9-12(10-26-19)20(21,22)23/h4-6,8-10,13-14,16H,2-3,7H2,1H3. The van der Waals surface area contributed by atoms with Gasteiger partial charge < -0.3 is 9.64 Å². The highest BCUT2D eigenvalue weighted by Crippen LogP contribution is 2.40. The summed E-state index contributed by atoms with van der Waals surface area (Å²) >= 11 is 0. The molecular formula is C20H18F3N7O2. The Morgan fingerprint density at radius 3 is 2.50 bits per heavy atom. The summed E-state index contributed by atoms with van der Waals surface area (Å²) in [6, 6.07) is 1.34. The molecule has 0 aromatic carbocycles. The number of nitrogens with zero attached hydrogens (tertiary/aromatic N) is 7. The Labute approximate surface area is 180 Å². The van der Waals surface area contributed by atoms with Gasteiger partial charge in [0.25, 0.3) is 5.91 Å². The minimum absolute atomic E-state index is 0.0616. The summed E-state index contributed by atoms with van der Waals surface area (Å²) in [5.41, 5.74) is 0.628. The number of hydrogen-bond acceptors (Lipinski definition) is 7. The molecule has 2 aliphatic rings. The van der Waals surface area contributed by atoms with Crippen molar-refractivity contribution < 1.29 is 22.7 Å². The van der Waals surface area contributed by atoms with Crippen molar-refractivity contribution in [3.63, 3.8) is 0 Å². The topological polar surface area (TPSA) is 98.9 Å². The van der Waals surface area contributed by atoms with Crippen LogP contribution < -0.4 is 4.74 Å². The summed E-state index contributed by atoms with van der Waals surface area (Å²) in [6.07, 6.45) is 3.17. The van der Waals surface area contributed by atoms with Gasteiger partial charge in [0.05, 0.1) is 24.0 Å². The lowest BCUT2D eigenvalue weighted by Crippen LogP contribution is -2.40. The number of hydrogen-bond donors (Lipinski definition) is 0. The smallest absolute Gasteiger partial charge is 0.419 e. The maximum Gasteiger partial charge on any atom is 0.419 e. The normalized spacial score (nSPS) is 22.4. The lowest BCUT2D eigenvalue weighted by molar-refractivity contribution is -0.138. The van der Waals surface area contributed by atoms with Crippen molar-refractivity contribution in [1.29, 1.82) is 0 Å². The van der Waals surface area contributed by atoms with Crippen LogP contribution >= 0.6 is 0 Å². The first-order chi connectivity index (χ1) is 15.3. The lowest BCUT2D eigenvalue weighted by atomic mass is 9.98. The second-order valence-electron chi connectivity index (χ2n) is 7.85. The number of ether oxygens (including phenoxy) is 1. The van der Waals surface area contributed by atoms with Gasteiger partial charge in [0, 0.05) is 31.1 Å². The van der Waals surface area contributed by atoms with Crippen LogP contribution in [-0.4, -0.2) is 58.9 Å². The largest absolute Gasteiger partial charge is 0.458 e. The summed E-state index contributed by atoms with van der Waals surface area (Å²) in [7, 11) is 0. The number of rotatable bonds is 4. The highest BCUT2D eigenvalue weighted by Gasteiger charge is 2.51. The van der Waals surface area contributed by atoms with E-state index in [4.69, 9.17) is 4.74 Å². The zero-order valence-electron chi connectivity index (χ0n) is 16.9. The van der Waals surface area contributed by atoms with E-state index in [0.29, 0.717) is 30.9 Å². The molecule has 2 fully saturated rings. The van der Waals surface area contributed by atoms with Crippen LogP contribution in [0.15, 0.2) is 37.1 Å². The van der Waals surface area contributed by atoms with E-state index >= 15 is 0 Å². The zero-order chi connectivity index (χ0) is 22.5. The molecule has 3 aromatic rings. The van der Waals surface area contributed by atoms with E-state index < -0.39 is 17.8 Å². The molecule has 9 nitrogen and oxygen atoms in total. The van der Waals surface area contributed by atoms with Crippen molar-refractivity contribution >= 4 is 5.91 Å². The number of halogens is 3. The van der Waals surface area contributed by atoms with Crippen LogP contribution in [-0.2, 0) is 6.18 Å². The van der Waals surface area contributed by atoms with Gasteiger partial charge in [0.15, 0.2) is 5.69 Å². The van der Waals surface area contributed by atoms with Crippen molar-refractivity contribution in [2.75, 3.05) is 0 Å². The molecule has 2 aliphatic heterocycles. The van der Waals surface area contributed by atoms with Gasteiger partial charge in [-0.05, 0) is 31.4 Å². The van der Waals surface area contributed by atoms with Gasteiger partial charge in [-0.25, -0.2) is 15.0 Å². The molecule has 3 aromatic heterocycles. The predicted molar refractivity (Wildman–Crippen MR) is 103 cm³/mol. The first-order valence-corrected chi connectivity index (χ1v) is 10.0. The number of aromatic nitrogens is 6. The number of carbonyl (C=O) groups is 1. The molecule has 3 unspecified atom stereocenters. The number of fused-ring (bicyclic) bond motifs is 2. The van der Waals surface area contributed by atoms with Gasteiger partial charge >= 0.3 is 12.2 Å². The maximum atomic E-state index is 13.5. The molecule has 0 N–H and O–H groups in total. The predicted octanol–water partition coefficient (Wildman–Crippen LogP) is 2.60. The van der Waals surface area contributed by atoms with Crippen LogP contribution in [0.1, 0.15) is 40.9 Å². The van der Waals surface area contributed by atoms with E-state index in [9.17, 15) is 18.0 Å². The Kier molecular flexibility index (Phi) is 4.79. The van der Waals surface area contributed by atoms with E-state index in [1.807, 2.05) is 6.92 Å². The molecule has 5 heterocycles. The molecular weight excluding hydrogens is 427 g/mol. The second kappa shape index (κ2) is 7.53. The van der Waals surface area contributed by atoms with Crippen LogP contribution in [0.25, 0.3) is 5.69 Å². The molecule has 5 rings (SSSR count). The molecule has 166 valence electrons. The van der Waals surface area contributed by atoms with Gasteiger partial charge in [-0.1, -0.05) is 0 Å². The van der Waals surface area contributed by atoms with E-state index in [0.717, 1.165) is 12.0 Å². The van der Waals surface area contributed by atoms with Crippen molar-refractivity contribution in [3.8, 4) is 11.7 Å². The lowest BCUT2D eigenvalue weighted by Gasteiger charge is -2.24. The third-order valence-electron chi connectivity index (χ3n) is 5.77. The summed E-state index contributed by atoms with van der Waals surface area (Å²) in [4.78, 5) is 28.3. The van der Waals surface area contributed by atoms with Gasteiger partial charge in [0.2, 0.25) is 0 Å². The van der Waals surface area contributed by atoms with Gasteiger partial charge in [0.1, 0.15) is 11.8 Å². The molecule has 2 bridgehead atoms. The Bertz CT molecular complexity index is 1140. The fourth-order valence-electron chi connectivity index (χ4n) is 4.37. The van der Waals surface area contributed by atoms with Crippen LogP contribution in [0.2, 0.25) is 0 Å². The third-order valence-corrected chi connectivity index (χ3v) is 5.77. The van der Waals surface area contributed by atoms with Crippen LogP contribution in [0.3, 0.4) is 0 Å². The Balaban J connectivity index is 1.37. The third kappa shape index (κ3) is 3.55. The molecule has 0 aliphatic carbocycles. The van der Waals surface area contributed by atoms with Crippen LogP contribution in [0.5, 0.6) is 6.01 Å². The highest BCUT2D eigenvalue weighted by atomic mass is 19.4. The van der Waals surface area contributed by atoms with Gasteiger partial charge in [-0.2, -0.15) is 23.4 Å². The highest BCUT2D eigenvalue weighted by molar-refractivity contribution is 5.96. The van der Waals surface area contributed by atoms with Gasteiger partial charge in [-0.3, -0.25) is 4.79 Å². The van der Waals surface area contributed by atoms with E-state index in [1.165, 1.54) is 17.2 Å². The fourth-order valence-corrected chi connectivity index (χ4v) is 4.37. The van der Waals surface area contributed by atoms with E-state index in [2.05, 4.69) is 25.1 Å². The average Bonchev–Trinajstić information content (AvgIpc) is 3.49. The fraction of sp³-hybridized carbons (Fsp3) is 0.400. The van der Waals surface area contributed by atoms with Crippen molar-refractivity contribution in [2.24, 2.45) is 0 Å². The molecule has 0 saturated carbocycles. The molecule has 0 spiro atoms. The van der Waals surface area contributed by atoms with Crippen molar-refractivity contribution in [3.05, 3.63) is 53.9 Å². The molecule has 2 saturated heterocycles. The number of carbonyl (C=O) groups excluding carboxylic acids is 1. The number of aryl methyl sites for hydroxylation is 1. The molecule has 3 atom stereocenters. The van der Waals surface area contributed by atoms with Crippen LogP contribution in [0, 0.1) is 6.92 Å². The first-order valence-electron chi connectivity index (χ1n) is 10.0. The van der Waals surface area contributed by atoms with Crippen molar-refractivity contribution in [1.82, 2.24) is 34.8 Å². The first kappa shape index (κ1) is 20.3. The maximum absolute atomic E-state index is 13.5. The Morgan fingerprint density at radius 1 is 1.09 bits per heavy atom. The van der Waals surface area contributed by atoms with Crippen LogP contribution in [0.4, 0.5) is 13.2 Å². The number of amides is 1.